The van der Waals surface area contributed by atoms with Gasteiger partial charge in [0.15, 0.2) is 0 Å². The fraction of sp³-hybridized carbons (Fsp3) is 0.467. The summed E-state index contributed by atoms with van der Waals surface area (Å²) < 4.78 is 1.95. The molecule has 0 aliphatic heterocycles. The second kappa shape index (κ2) is 16.9. The number of halogens is 1. The lowest BCUT2D eigenvalue weighted by Gasteiger charge is -2.26. The molecule has 196 valence electrons. The van der Waals surface area contributed by atoms with Crippen molar-refractivity contribution in [1.29, 1.82) is 0 Å². The molecule has 36 heavy (non-hydrogen) atoms. The number of hydrogen-bond acceptors (Lipinski definition) is 2. The van der Waals surface area contributed by atoms with Gasteiger partial charge in [-0.2, -0.15) is 5.10 Å². The molecule has 1 heterocycles. The van der Waals surface area contributed by atoms with E-state index in [4.69, 9.17) is 5.11 Å². The molecular formula is C30H43IN2O2P+. The molecule has 0 bridgehead atoms. The predicted molar refractivity (Wildman–Crippen MR) is 165 cm³/mol. The van der Waals surface area contributed by atoms with Gasteiger partial charge in [0.2, 0.25) is 0 Å². The number of aliphatic carboxylic acids is 1. The number of aryl methyl sites for hydroxylation is 1. The number of aromatic nitrogens is 2. The Hall–Kier alpha value is -1.72. The van der Waals surface area contributed by atoms with Crippen LogP contribution < -0.4 is 15.9 Å². The van der Waals surface area contributed by atoms with Crippen molar-refractivity contribution in [3.05, 3.63) is 73.1 Å². The number of carboxylic acids is 1. The van der Waals surface area contributed by atoms with Crippen LogP contribution in [0.5, 0.6) is 0 Å². The van der Waals surface area contributed by atoms with E-state index in [0.29, 0.717) is 6.42 Å². The highest BCUT2D eigenvalue weighted by Gasteiger charge is 2.45. The Kier molecular flexibility index (Phi) is 14.3. The fourth-order valence-corrected chi connectivity index (χ4v) is 9.36. The highest BCUT2D eigenvalue weighted by molar-refractivity contribution is 14.0. The first-order chi connectivity index (χ1) is 17.1. The summed E-state index contributed by atoms with van der Waals surface area (Å²) in [6.45, 7) is 0. The quantitative estimate of drug-likeness (QED) is 0.0995. The molecule has 1 aromatic heterocycles. The van der Waals surface area contributed by atoms with Gasteiger partial charge in [0.25, 0.3) is 0 Å². The number of carbonyl (C=O) groups is 1. The number of hydrogen-bond donors (Lipinski definition) is 1. The standard InChI is InChI=1S/C30H41N2O2P.HI/c1-32-26-29(25-31-32)35(27-19-13-11-14-20-27,28-21-15-12-16-22-28)24-18-10-8-6-4-2-3-5-7-9-17-23-30(33)34;/h11-16,19-22,25-26H,2-10,17-18,23-24H2,1H3;1H/p+1. The number of carboxylic acid groups (broad SMARTS) is 1. The average molecular weight is 622 g/mol. The zero-order valence-corrected chi connectivity index (χ0v) is 25.0. The Bertz CT molecular complexity index is 955. The van der Waals surface area contributed by atoms with Crippen LogP contribution in [0, 0.1) is 0 Å². The molecule has 0 aliphatic carbocycles. The first-order valence-electron chi connectivity index (χ1n) is 13.3. The third-order valence-corrected chi connectivity index (χ3v) is 11.4. The van der Waals surface area contributed by atoms with Gasteiger partial charge in [-0.25, -0.2) is 0 Å². The van der Waals surface area contributed by atoms with Crippen molar-refractivity contribution in [3.8, 4) is 0 Å². The van der Waals surface area contributed by atoms with E-state index in [0.717, 1.165) is 12.8 Å². The Labute approximate surface area is 235 Å². The van der Waals surface area contributed by atoms with Crippen molar-refractivity contribution in [3.63, 3.8) is 0 Å². The summed E-state index contributed by atoms with van der Waals surface area (Å²) in [5, 5.41) is 17.5. The van der Waals surface area contributed by atoms with E-state index in [1.165, 1.54) is 79.9 Å². The topological polar surface area (TPSA) is 55.1 Å². The van der Waals surface area contributed by atoms with Crippen molar-refractivity contribution in [1.82, 2.24) is 9.78 Å². The van der Waals surface area contributed by atoms with Crippen molar-refractivity contribution >= 4 is 53.1 Å². The van der Waals surface area contributed by atoms with Crippen LogP contribution in [0.4, 0.5) is 0 Å². The lowest BCUT2D eigenvalue weighted by molar-refractivity contribution is -0.137. The minimum absolute atomic E-state index is 0. The van der Waals surface area contributed by atoms with Crippen molar-refractivity contribution in [2.75, 3.05) is 6.16 Å². The maximum atomic E-state index is 10.6. The highest BCUT2D eigenvalue weighted by atomic mass is 127. The van der Waals surface area contributed by atoms with Crippen LogP contribution >= 0.6 is 31.2 Å². The molecule has 1 N–H and O–H groups in total. The van der Waals surface area contributed by atoms with Gasteiger partial charge in [-0.15, -0.1) is 24.0 Å². The molecule has 0 atom stereocenters. The minimum atomic E-state index is -1.74. The molecule has 2 aromatic carbocycles. The van der Waals surface area contributed by atoms with Gasteiger partial charge in [-0.05, 0) is 43.5 Å². The van der Waals surface area contributed by atoms with Crippen molar-refractivity contribution in [2.24, 2.45) is 7.05 Å². The van der Waals surface area contributed by atoms with E-state index in [-0.39, 0.29) is 24.0 Å². The molecule has 3 aromatic rings. The Morgan fingerprint density at radius 1 is 0.722 bits per heavy atom. The predicted octanol–water partition coefficient (Wildman–Crippen LogP) is 7.10. The number of nitrogens with zero attached hydrogens (tertiary/aromatic N) is 2. The van der Waals surface area contributed by atoms with E-state index in [9.17, 15) is 4.79 Å². The molecule has 3 rings (SSSR count). The van der Waals surface area contributed by atoms with Crippen LogP contribution in [0.3, 0.4) is 0 Å². The van der Waals surface area contributed by atoms with Crippen LogP contribution in [-0.4, -0.2) is 27.0 Å². The molecular weight excluding hydrogens is 578 g/mol. The van der Waals surface area contributed by atoms with Gasteiger partial charge in [-0.3, -0.25) is 9.48 Å². The van der Waals surface area contributed by atoms with E-state index in [1.807, 2.05) is 11.7 Å². The van der Waals surface area contributed by atoms with Crippen molar-refractivity contribution < 1.29 is 9.90 Å². The Morgan fingerprint density at radius 3 is 1.58 bits per heavy atom. The third kappa shape index (κ3) is 9.30. The largest absolute Gasteiger partial charge is 0.481 e. The molecule has 4 nitrogen and oxygen atoms in total. The second-order valence-corrected chi connectivity index (χ2v) is 13.2. The molecule has 0 spiro atoms. The zero-order valence-electron chi connectivity index (χ0n) is 21.7. The smallest absolute Gasteiger partial charge is 0.303 e. The van der Waals surface area contributed by atoms with E-state index in [2.05, 4.69) is 78.2 Å². The van der Waals surface area contributed by atoms with Gasteiger partial charge in [0.05, 0.1) is 18.6 Å². The van der Waals surface area contributed by atoms with Gasteiger partial charge in [0, 0.05) is 13.5 Å². The summed E-state index contributed by atoms with van der Waals surface area (Å²) in [5.41, 5.74) is 0. The lowest BCUT2D eigenvalue weighted by Crippen LogP contribution is -2.33. The molecule has 0 unspecified atom stereocenters. The minimum Gasteiger partial charge on any atom is -0.481 e. The first-order valence-corrected chi connectivity index (χ1v) is 15.3. The maximum Gasteiger partial charge on any atom is 0.303 e. The average Bonchev–Trinajstić information content (AvgIpc) is 3.32. The van der Waals surface area contributed by atoms with Gasteiger partial charge in [0.1, 0.15) is 23.2 Å². The summed E-state index contributed by atoms with van der Waals surface area (Å²) in [4.78, 5) is 10.6. The van der Waals surface area contributed by atoms with Gasteiger partial charge < -0.3 is 5.11 Å². The van der Waals surface area contributed by atoms with Crippen LogP contribution in [0.25, 0.3) is 0 Å². The SMILES string of the molecule is Cn1cc([P+](CCCCCCCCCCCCCC(=O)O)(c2ccccc2)c2ccccc2)cn1.I. The molecule has 0 saturated carbocycles. The van der Waals surface area contributed by atoms with Crippen LogP contribution in [0.15, 0.2) is 73.1 Å². The zero-order chi connectivity index (χ0) is 24.8. The molecule has 0 amide bonds. The molecule has 6 heteroatoms. The first kappa shape index (κ1) is 30.5. The van der Waals surface area contributed by atoms with E-state index in [1.54, 1.807) is 0 Å². The summed E-state index contributed by atoms with van der Waals surface area (Å²) in [5.74, 6) is -0.669. The number of unbranched alkanes of at least 4 members (excludes halogenated alkanes) is 10. The van der Waals surface area contributed by atoms with E-state index < -0.39 is 13.2 Å². The van der Waals surface area contributed by atoms with E-state index >= 15 is 0 Å². The third-order valence-electron chi connectivity index (χ3n) is 6.91. The summed E-state index contributed by atoms with van der Waals surface area (Å²) in [7, 11) is 0.279. The highest BCUT2D eigenvalue weighted by Crippen LogP contribution is 2.55. The van der Waals surface area contributed by atoms with Crippen LogP contribution in [0.2, 0.25) is 0 Å². The summed E-state index contributed by atoms with van der Waals surface area (Å²) in [6, 6.07) is 22.2. The van der Waals surface area contributed by atoms with Crippen LogP contribution in [-0.2, 0) is 11.8 Å². The maximum absolute atomic E-state index is 10.6. The molecule has 0 radical (unpaired) electrons. The van der Waals surface area contributed by atoms with Gasteiger partial charge >= 0.3 is 5.97 Å². The molecule has 0 saturated heterocycles. The van der Waals surface area contributed by atoms with Crippen molar-refractivity contribution in [2.45, 2.75) is 77.0 Å². The Morgan fingerprint density at radius 2 is 1.17 bits per heavy atom. The monoisotopic (exact) mass is 621 g/mol. The lowest BCUT2D eigenvalue weighted by atomic mass is 10.1. The molecule has 0 fully saturated rings. The number of rotatable bonds is 17. The second-order valence-electron chi connectivity index (χ2n) is 9.61. The Balaban J connectivity index is 0.00000456. The fourth-order valence-electron chi connectivity index (χ4n) is 5.02. The summed E-state index contributed by atoms with van der Waals surface area (Å²) >= 11 is 0. The normalized spacial score (nSPS) is 11.2. The van der Waals surface area contributed by atoms with Crippen LogP contribution in [0.1, 0.15) is 77.0 Å². The number of benzene rings is 2. The molecule has 0 aliphatic rings. The van der Waals surface area contributed by atoms with Gasteiger partial charge in [-0.1, -0.05) is 87.8 Å². The summed E-state index contributed by atoms with van der Waals surface area (Å²) in [6.07, 6.45) is 19.1.